The molecule has 0 fully saturated rings. The molecule has 2 heteroatoms. The molecule has 0 bridgehead atoms. The summed E-state index contributed by atoms with van der Waals surface area (Å²) in [7, 11) is -0.596. The van der Waals surface area contributed by atoms with Crippen LogP contribution in [0.4, 0.5) is 0 Å². The summed E-state index contributed by atoms with van der Waals surface area (Å²) >= 11 is 3.59. The van der Waals surface area contributed by atoms with Gasteiger partial charge in [0.1, 0.15) is 0 Å². The third kappa shape index (κ3) is 8.92. The molecule has 0 atom stereocenters. The lowest BCUT2D eigenvalue weighted by atomic mass is 10.4. The van der Waals surface area contributed by atoms with Gasteiger partial charge in [0.05, 0.1) is 24.6 Å². The second kappa shape index (κ2) is 12.9. The first-order chi connectivity index (χ1) is 8.74. The van der Waals surface area contributed by atoms with Gasteiger partial charge in [-0.2, -0.15) is 0 Å². The molecule has 0 aromatic carbocycles. The highest BCUT2D eigenvalue weighted by molar-refractivity contribution is 9.09. The summed E-state index contributed by atoms with van der Waals surface area (Å²) in [4.78, 5) is 0. The summed E-state index contributed by atoms with van der Waals surface area (Å²) in [6, 6.07) is 0. The van der Waals surface area contributed by atoms with Crippen molar-refractivity contribution in [2.45, 2.75) is 72.1 Å². The lowest BCUT2D eigenvalue weighted by molar-refractivity contribution is 0.817. The molecule has 0 radical (unpaired) electrons. The zero-order valence-corrected chi connectivity index (χ0v) is 15.5. The molecule has 110 valence electrons. The first-order valence-electron chi connectivity index (χ1n) is 8.15. The van der Waals surface area contributed by atoms with E-state index in [1.807, 2.05) is 0 Å². The van der Waals surface area contributed by atoms with E-state index >= 15 is 0 Å². The largest absolute Gasteiger partial charge is 0.0928 e. The molecule has 0 saturated heterocycles. The molecule has 0 aliphatic heterocycles. The van der Waals surface area contributed by atoms with Gasteiger partial charge >= 0.3 is 0 Å². The predicted octanol–water partition coefficient (Wildman–Crippen LogP) is 6.58. The van der Waals surface area contributed by atoms with Crippen molar-refractivity contribution >= 4 is 23.2 Å². The van der Waals surface area contributed by atoms with Gasteiger partial charge in [0.2, 0.25) is 0 Å². The van der Waals surface area contributed by atoms with Gasteiger partial charge in [-0.25, -0.2) is 0 Å². The van der Waals surface area contributed by atoms with Crippen LogP contribution in [0.1, 0.15) is 72.1 Å². The van der Waals surface area contributed by atoms with Crippen LogP contribution in [0.25, 0.3) is 0 Å². The Morgan fingerprint density at radius 2 is 1.00 bits per heavy atom. The van der Waals surface area contributed by atoms with Gasteiger partial charge in [-0.1, -0.05) is 56.0 Å². The van der Waals surface area contributed by atoms with Gasteiger partial charge in [0.15, 0.2) is 0 Å². The van der Waals surface area contributed by atoms with Crippen molar-refractivity contribution in [3.8, 4) is 0 Å². The minimum atomic E-state index is -0.596. The van der Waals surface area contributed by atoms with Gasteiger partial charge in [0.25, 0.3) is 0 Å². The molecule has 0 aliphatic rings. The van der Waals surface area contributed by atoms with E-state index in [-0.39, 0.29) is 0 Å². The Kier molecular flexibility index (Phi) is 13.6. The lowest BCUT2D eigenvalue weighted by Crippen LogP contribution is -2.13. The number of alkyl halides is 1. The highest BCUT2D eigenvalue weighted by atomic mass is 79.9. The molecule has 0 spiro atoms. The zero-order valence-electron chi connectivity index (χ0n) is 13.0. The van der Waals surface area contributed by atoms with Gasteiger partial charge in [-0.3, -0.25) is 0 Å². The lowest BCUT2D eigenvalue weighted by Gasteiger charge is -2.28. The summed E-state index contributed by atoms with van der Waals surface area (Å²) in [6.45, 7) is 7.06. The standard InChI is InChI=1S/C16H35BrP/c1-4-7-13-18(14-8-5-2,15-9-6-3)16-11-10-12-17/h4-16H2,1-3H3/q+1. The molecule has 0 nitrogen and oxygen atoms in total. The Morgan fingerprint density at radius 3 is 1.33 bits per heavy atom. The second-order valence-corrected chi connectivity index (χ2v) is 11.0. The van der Waals surface area contributed by atoms with E-state index in [0.29, 0.717) is 0 Å². The van der Waals surface area contributed by atoms with Crippen molar-refractivity contribution < 1.29 is 0 Å². The summed E-state index contributed by atoms with van der Waals surface area (Å²) in [6.07, 6.45) is 17.8. The molecule has 18 heavy (non-hydrogen) atoms. The van der Waals surface area contributed by atoms with E-state index in [1.54, 1.807) is 24.6 Å². The number of halogens is 1. The minimum absolute atomic E-state index is 0.596. The molecule has 0 saturated carbocycles. The third-order valence-electron chi connectivity index (χ3n) is 3.97. The van der Waals surface area contributed by atoms with Crippen molar-refractivity contribution in [2.75, 3.05) is 30.0 Å². The van der Waals surface area contributed by atoms with Gasteiger partial charge in [-0.15, -0.1) is 0 Å². The van der Waals surface area contributed by atoms with E-state index in [1.165, 1.54) is 56.7 Å². The monoisotopic (exact) mass is 337 g/mol. The van der Waals surface area contributed by atoms with E-state index < -0.39 is 7.26 Å². The fraction of sp³-hybridized carbons (Fsp3) is 1.00. The van der Waals surface area contributed by atoms with Crippen molar-refractivity contribution in [1.82, 2.24) is 0 Å². The molecule has 0 aromatic rings. The molecule has 0 aromatic heterocycles. The average Bonchev–Trinajstić information content (AvgIpc) is 2.40. The normalized spacial score (nSPS) is 12.0. The van der Waals surface area contributed by atoms with Crippen LogP contribution in [-0.2, 0) is 0 Å². The van der Waals surface area contributed by atoms with Crippen LogP contribution in [0.15, 0.2) is 0 Å². The summed E-state index contributed by atoms with van der Waals surface area (Å²) in [5.41, 5.74) is 0. The maximum atomic E-state index is 3.59. The Morgan fingerprint density at radius 1 is 0.611 bits per heavy atom. The highest BCUT2D eigenvalue weighted by Gasteiger charge is 2.34. The van der Waals surface area contributed by atoms with Crippen LogP contribution in [0, 0.1) is 0 Å². The number of rotatable bonds is 13. The van der Waals surface area contributed by atoms with Crippen LogP contribution in [0.3, 0.4) is 0 Å². The van der Waals surface area contributed by atoms with Gasteiger partial charge in [-0.05, 0) is 32.1 Å². The van der Waals surface area contributed by atoms with Crippen LogP contribution in [-0.4, -0.2) is 30.0 Å². The average molecular weight is 338 g/mol. The predicted molar refractivity (Wildman–Crippen MR) is 94.1 cm³/mol. The van der Waals surface area contributed by atoms with Crippen molar-refractivity contribution in [3.05, 3.63) is 0 Å². The number of hydrogen-bond donors (Lipinski definition) is 0. The molecule has 0 aliphatic carbocycles. The smallest absolute Gasteiger partial charge is 0.0594 e. The van der Waals surface area contributed by atoms with Crippen molar-refractivity contribution in [2.24, 2.45) is 0 Å². The molecule has 0 N–H and O–H groups in total. The SMILES string of the molecule is CCCC[P+](CCCC)(CCCC)CCCCBr. The fourth-order valence-electron chi connectivity index (χ4n) is 2.69. The molecular weight excluding hydrogens is 303 g/mol. The van der Waals surface area contributed by atoms with Crippen molar-refractivity contribution in [3.63, 3.8) is 0 Å². The van der Waals surface area contributed by atoms with Crippen LogP contribution < -0.4 is 0 Å². The number of hydrogen-bond acceptors (Lipinski definition) is 0. The Labute approximate surface area is 125 Å². The van der Waals surface area contributed by atoms with E-state index in [2.05, 4.69) is 36.7 Å². The molecule has 0 heterocycles. The van der Waals surface area contributed by atoms with Crippen LogP contribution >= 0.6 is 23.2 Å². The molecular formula is C16H35BrP+. The number of unbranched alkanes of at least 4 members (excludes halogenated alkanes) is 4. The quantitative estimate of drug-likeness (QED) is 0.202. The molecule has 0 amide bonds. The maximum absolute atomic E-state index is 3.59. The topological polar surface area (TPSA) is 0 Å². The summed E-state index contributed by atoms with van der Waals surface area (Å²) in [5, 5.41) is 1.20. The third-order valence-corrected chi connectivity index (χ3v) is 9.59. The Hall–Kier alpha value is 0.910. The van der Waals surface area contributed by atoms with Gasteiger partial charge < -0.3 is 0 Å². The van der Waals surface area contributed by atoms with E-state index in [9.17, 15) is 0 Å². The van der Waals surface area contributed by atoms with E-state index in [4.69, 9.17) is 0 Å². The van der Waals surface area contributed by atoms with Gasteiger partial charge in [0, 0.05) is 12.6 Å². The zero-order chi connectivity index (χ0) is 13.7. The van der Waals surface area contributed by atoms with Crippen LogP contribution in [0.2, 0.25) is 0 Å². The van der Waals surface area contributed by atoms with E-state index in [0.717, 1.165) is 0 Å². The fourth-order valence-corrected chi connectivity index (χ4v) is 8.29. The minimum Gasteiger partial charge on any atom is -0.0928 e. The summed E-state index contributed by atoms with van der Waals surface area (Å²) in [5.74, 6) is 0. The first kappa shape index (κ1) is 18.9. The van der Waals surface area contributed by atoms with Crippen molar-refractivity contribution in [1.29, 1.82) is 0 Å². The second-order valence-electron chi connectivity index (χ2n) is 5.69. The first-order valence-corrected chi connectivity index (χ1v) is 11.8. The Balaban J connectivity index is 4.41. The Bertz CT molecular complexity index is 149. The summed E-state index contributed by atoms with van der Waals surface area (Å²) < 4.78 is 0. The maximum Gasteiger partial charge on any atom is 0.0594 e. The van der Waals surface area contributed by atoms with Crippen LogP contribution in [0.5, 0.6) is 0 Å². The molecule has 0 unspecified atom stereocenters. The molecule has 0 rings (SSSR count). The highest BCUT2D eigenvalue weighted by Crippen LogP contribution is 2.61.